The first kappa shape index (κ1) is 22.1. The van der Waals surface area contributed by atoms with Gasteiger partial charge in [0.05, 0.1) is 5.41 Å². The molecule has 0 atom stereocenters. The van der Waals surface area contributed by atoms with E-state index in [4.69, 9.17) is 0 Å². The van der Waals surface area contributed by atoms with E-state index in [2.05, 4.69) is 152 Å². The third-order valence-corrected chi connectivity index (χ3v) is 8.61. The Balaban J connectivity index is 1.29. The molecule has 6 aromatic carbocycles. The zero-order valence-corrected chi connectivity index (χ0v) is 21.8. The van der Waals surface area contributed by atoms with Crippen LogP contribution in [-0.2, 0) is 5.41 Å². The van der Waals surface area contributed by atoms with Gasteiger partial charge in [-0.2, -0.15) is 0 Å². The average molecular weight is 498 g/mol. The van der Waals surface area contributed by atoms with Crippen molar-refractivity contribution in [1.29, 1.82) is 0 Å². The number of hydrogen-bond donors (Lipinski definition) is 1. The van der Waals surface area contributed by atoms with Crippen molar-refractivity contribution in [3.05, 3.63) is 167 Å². The zero-order valence-electron chi connectivity index (χ0n) is 21.8. The van der Waals surface area contributed by atoms with Gasteiger partial charge >= 0.3 is 0 Å². The summed E-state index contributed by atoms with van der Waals surface area (Å²) in [5.41, 5.74) is 16.4. The Labute approximate surface area is 229 Å². The Morgan fingerprint density at radius 2 is 0.974 bits per heavy atom. The van der Waals surface area contributed by atoms with Crippen molar-refractivity contribution in [2.75, 3.05) is 5.32 Å². The smallest absolute Gasteiger partial charge is 0.0726 e. The van der Waals surface area contributed by atoms with Crippen LogP contribution < -0.4 is 5.32 Å². The summed E-state index contributed by atoms with van der Waals surface area (Å²) >= 11 is 0. The van der Waals surface area contributed by atoms with E-state index in [1.54, 1.807) is 0 Å². The van der Waals surface area contributed by atoms with Crippen LogP contribution in [0.4, 0.5) is 11.4 Å². The molecule has 6 aromatic rings. The highest BCUT2D eigenvalue weighted by Gasteiger charge is 2.51. The maximum Gasteiger partial charge on any atom is 0.0726 e. The molecule has 2 aliphatic carbocycles. The minimum atomic E-state index is -0.316. The first-order chi connectivity index (χ1) is 19.2. The Morgan fingerprint density at radius 3 is 1.56 bits per heavy atom. The first-order valence-electron chi connectivity index (χ1n) is 13.6. The topological polar surface area (TPSA) is 12.0 Å². The molecule has 0 heterocycles. The lowest BCUT2D eigenvalue weighted by atomic mass is 9.70. The van der Waals surface area contributed by atoms with E-state index in [-0.39, 0.29) is 5.41 Å². The Hall–Kier alpha value is -4.88. The van der Waals surface area contributed by atoms with Crippen molar-refractivity contribution in [2.45, 2.75) is 12.3 Å². The van der Waals surface area contributed by atoms with Crippen molar-refractivity contribution >= 4 is 11.4 Å². The summed E-state index contributed by atoms with van der Waals surface area (Å²) in [6, 6.07) is 51.1. The summed E-state index contributed by atoms with van der Waals surface area (Å²) in [6.07, 6.45) is 0. The molecule has 39 heavy (non-hydrogen) atoms. The molecule has 8 rings (SSSR count). The van der Waals surface area contributed by atoms with E-state index in [1.165, 1.54) is 61.2 Å². The van der Waals surface area contributed by atoms with Gasteiger partial charge in [0.25, 0.3) is 0 Å². The molecule has 0 saturated heterocycles. The molecule has 0 saturated carbocycles. The van der Waals surface area contributed by atoms with Gasteiger partial charge in [0.1, 0.15) is 0 Å². The maximum absolute atomic E-state index is 3.76. The van der Waals surface area contributed by atoms with Crippen molar-refractivity contribution in [2.24, 2.45) is 0 Å². The molecule has 0 aliphatic heterocycles. The highest BCUT2D eigenvalue weighted by Crippen LogP contribution is 2.62. The molecule has 0 bridgehead atoms. The number of nitrogens with one attached hydrogen (secondary N) is 1. The monoisotopic (exact) mass is 497 g/mol. The fraction of sp³-hybridized carbons (Fsp3) is 0.0526. The number of hydrogen-bond acceptors (Lipinski definition) is 1. The first-order valence-corrected chi connectivity index (χ1v) is 13.6. The fourth-order valence-electron chi connectivity index (χ4n) is 6.94. The van der Waals surface area contributed by atoms with Crippen LogP contribution in [0.25, 0.3) is 33.4 Å². The lowest BCUT2D eigenvalue weighted by Gasteiger charge is -2.30. The van der Waals surface area contributed by atoms with E-state index in [1.807, 2.05) is 0 Å². The van der Waals surface area contributed by atoms with Crippen LogP contribution in [0.1, 0.15) is 27.8 Å². The summed E-state index contributed by atoms with van der Waals surface area (Å²) in [4.78, 5) is 0. The summed E-state index contributed by atoms with van der Waals surface area (Å²) < 4.78 is 0. The van der Waals surface area contributed by atoms with Gasteiger partial charge in [0, 0.05) is 11.4 Å². The quantitative estimate of drug-likeness (QED) is 0.256. The van der Waals surface area contributed by atoms with Crippen molar-refractivity contribution < 1.29 is 0 Å². The van der Waals surface area contributed by atoms with Gasteiger partial charge in [-0.15, -0.1) is 0 Å². The number of anilines is 2. The Morgan fingerprint density at radius 1 is 0.436 bits per heavy atom. The predicted octanol–water partition coefficient (Wildman–Crippen LogP) is 9.75. The zero-order chi connectivity index (χ0) is 26.0. The Kier molecular flexibility index (Phi) is 4.72. The molecule has 0 radical (unpaired) electrons. The second-order valence-electron chi connectivity index (χ2n) is 10.7. The van der Waals surface area contributed by atoms with Gasteiger partial charge in [-0.1, -0.05) is 115 Å². The number of fused-ring (bicyclic) bond motifs is 10. The molecule has 1 nitrogen and oxygen atoms in total. The largest absolute Gasteiger partial charge is 0.355 e. The highest BCUT2D eigenvalue weighted by atomic mass is 14.9. The molecule has 0 unspecified atom stereocenters. The van der Waals surface area contributed by atoms with Crippen LogP contribution >= 0.6 is 0 Å². The highest BCUT2D eigenvalue weighted by molar-refractivity contribution is 5.95. The predicted molar refractivity (Wildman–Crippen MR) is 163 cm³/mol. The van der Waals surface area contributed by atoms with Gasteiger partial charge in [0.2, 0.25) is 0 Å². The van der Waals surface area contributed by atoms with Crippen LogP contribution in [0.2, 0.25) is 0 Å². The van der Waals surface area contributed by atoms with Crippen LogP contribution in [0, 0.1) is 6.92 Å². The molecule has 184 valence electrons. The maximum atomic E-state index is 3.76. The lowest BCUT2D eigenvalue weighted by Crippen LogP contribution is -2.25. The van der Waals surface area contributed by atoms with E-state index < -0.39 is 0 Å². The second-order valence-corrected chi connectivity index (χ2v) is 10.7. The molecular weight excluding hydrogens is 470 g/mol. The number of rotatable bonds is 3. The Bertz CT molecular complexity index is 1830. The second kappa shape index (κ2) is 8.31. The summed E-state index contributed by atoms with van der Waals surface area (Å²) in [5.74, 6) is 0. The van der Waals surface area contributed by atoms with Crippen molar-refractivity contribution in [3.8, 4) is 33.4 Å². The van der Waals surface area contributed by atoms with Crippen LogP contribution in [-0.4, -0.2) is 0 Å². The van der Waals surface area contributed by atoms with E-state index >= 15 is 0 Å². The van der Waals surface area contributed by atoms with Gasteiger partial charge in [-0.25, -0.2) is 0 Å². The molecular formula is C38H27N. The van der Waals surface area contributed by atoms with Gasteiger partial charge < -0.3 is 5.32 Å². The molecule has 0 fully saturated rings. The minimum absolute atomic E-state index is 0.316. The molecule has 1 N–H and O–H groups in total. The third kappa shape index (κ3) is 3.08. The molecule has 2 aliphatic rings. The third-order valence-electron chi connectivity index (χ3n) is 8.61. The lowest BCUT2D eigenvalue weighted by molar-refractivity contribution is 0.794. The average Bonchev–Trinajstić information content (AvgIpc) is 3.46. The van der Waals surface area contributed by atoms with Crippen LogP contribution in [0.3, 0.4) is 0 Å². The van der Waals surface area contributed by atoms with Crippen molar-refractivity contribution in [1.82, 2.24) is 0 Å². The molecule has 0 amide bonds. The fourth-order valence-corrected chi connectivity index (χ4v) is 6.94. The molecule has 0 aromatic heterocycles. The van der Waals surface area contributed by atoms with E-state index in [9.17, 15) is 0 Å². The number of aryl methyl sites for hydroxylation is 1. The molecule has 1 heteroatoms. The van der Waals surface area contributed by atoms with Crippen LogP contribution in [0.15, 0.2) is 140 Å². The summed E-state index contributed by atoms with van der Waals surface area (Å²) in [6.45, 7) is 2.18. The normalized spacial score (nSPS) is 13.5. The minimum Gasteiger partial charge on any atom is -0.355 e. The summed E-state index contributed by atoms with van der Waals surface area (Å²) in [5, 5.41) is 3.76. The van der Waals surface area contributed by atoms with Gasteiger partial charge in [-0.3, -0.25) is 0 Å². The van der Waals surface area contributed by atoms with E-state index in [0.29, 0.717) is 0 Å². The number of benzene rings is 6. The van der Waals surface area contributed by atoms with E-state index in [0.717, 1.165) is 11.4 Å². The standard InChI is InChI=1S/C38H27N/c1-25-23-27(26-11-3-2-4-12-26)19-22-37(25)39-28-20-21-32-31-15-7-10-18-35(31)38(36(32)24-28)33-16-8-5-13-29(33)30-14-6-9-17-34(30)38/h2-24,39H,1H3. The van der Waals surface area contributed by atoms with Crippen molar-refractivity contribution in [3.63, 3.8) is 0 Å². The SMILES string of the molecule is Cc1cc(-c2ccccc2)ccc1Nc1ccc2c(c1)C1(c3ccccc3-c3ccccc31)c1ccccc1-2. The van der Waals surface area contributed by atoms with Gasteiger partial charge in [0.15, 0.2) is 0 Å². The van der Waals surface area contributed by atoms with Crippen LogP contribution in [0.5, 0.6) is 0 Å². The molecule has 1 spiro atoms. The van der Waals surface area contributed by atoms with Gasteiger partial charge in [-0.05, 0) is 92.4 Å². The summed E-state index contributed by atoms with van der Waals surface area (Å²) in [7, 11) is 0.